The number of nitrogens with one attached hydrogen (secondary N) is 2. The molecule has 2 N–H and O–H groups in total. The van der Waals surface area contributed by atoms with Crippen LogP contribution in [0, 0.1) is 11.7 Å². The number of carbonyl (C=O) groups is 2. The lowest BCUT2D eigenvalue weighted by Crippen LogP contribution is -2.52. The molecule has 2 aliphatic rings. The van der Waals surface area contributed by atoms with Crippen molar-refractivity contribution in [3.63, 3.8) is 0 Å². The lowest BCUT2D eigenvalue weighted by molar-refractivity contribution is -0.131. The molecule has 0 bridgehead atoms. The van der Waals surface area contributed by atoms with Crippen molar-refractivity contribution in [2.75, 3.05) is 13.1 Å². The summed E-state index contributed by atoms with van der Waals surface area (Å²) in [5.41, 5.74) is 0.765. The van der Waals surface area contributed by atoms with Gasteiger partial charge in [0.15, 0.2) is 0 Å². The van der Waals surface area contributed by atoms with Crippen LogP contribution in [0.3, 0.4) is 0 Å². The molecular weight excluding hydrogens is 321 g/mol. The molecule has 0 radical (unpaired) electrons. The number of likely N-dealkylation sites (tertiary alicyclic amines) is 1. The summed E-state index contributed by atoms with van der Waals surface area (Å²) >= 11 is 0. The summed E-state index contributed by atoms with van der Waals surface area (Å²) in [7, 11) is 0. The Morgan fingerprint density at radius 2 is 1.88 bits per heavy atom. The molecule has 2 amide bonds. The zero-order valence-corrected chi connectivity index (χ0v) is 14.8. The lowest BCUT2D eigenvalue weighted by atomic mass is 9.92. The van der Waals surface area contributed by atoms with Crippen LogP contribution in [0.4, 0.5) is 4.39 Å². The van der Waals surface area contributed by atoms with Gasteiger partial charge in [0.05, 0.1) is 0 Å². The number of piperidine rings is 1. The topological polar surface area (TPSA) is 61.4 Å². The first-order chi connectivity index (χ1) is 11.9. The van der Waals surface area contributed by atoms with E-state index in [1.807, 2.05) is 4.90 Å². The fourth-order valence-electron chi connectivity index (χ4n) is 3.38. The number of nitrogens with zero attached hydrogens (tertiary/aromatic N) is 1. The van der Waals surface area contributed by atoms with Crippen molar-refractivity contribution in [3.05, 3.63) is 35.6 Å². The molecule has 1 aliphatic heterocycles. The lowest BCUT2D eigenvalue weighted by Gasteiger charge is -2.38. The normalized spacial score (nSPS) is 24.7. The molecule has 0 spiro atoms. The number of carbonyl (C=O) groups excluding carboxylic acids is 2. The molecule has 1 aliphatic carbocycles. The van der Waals surface area contributed by atoms with E-state index in [0.717, 1.165) is 24.8 Å². The maximum absolute atomic E-state index is 13.3. The van der Waals surface area contributed by atoms with Crippen LogP contribution in [0.15, 0.2) is 24.3 Å². The van der Waals surface area contributed by atoms with Crippen LogP contribution >= 0.6 is 0 Å². The van der Waals surface area contributed by atoms with Crippen molar-refractivity contribution >= 4 is 11.8 Å². The van der Waals surface area contributed by atoms with Gasteiger partial charge in [-0.25, -0.2) is 4.39 Å². The van der Waals surface area contributed by atoms with Gasteiger partial charge in [0, 0.05) is 32.1 Å². The van der Waals surface area contributed by atoms with Crippen molar-refractivity contribution < 1.29 is 14.0 Å². The van der Waals surface area contributed by atoms with Crippen LogP contribution in [0.5, 0.6) is 0 Å². The average Bonchev–Trinajstić information content (AvgIpc) is 3.38. The average molecular weight is 347 g/mol. The van der Waals surface area contributed by atoms with Crippen LogP contribution in [0.25, 0.3) is 0 Å². The molecule has 3 rings (SSSR count). The Balaban J connectivity index is 1.71. The molecule has 1 aromatic carbocycles. The van der Waals surface area contributed by atoms with Gasteiger partial charge in [0.25, 0.3) is 0 Å². The molecule has 1 aromatic rings. The van der Waals surface area contributed by atoms with Gasteiger partial charge in [-0.1, -0.05) is 19.1 Å². The van der Waals surface area contributed by atoms with Gasteiger partial charge in [-0.15, -0.1) is 0 Å². The maximum Gasteiger partial charge on any atom is 0.241 e. The summed E-state index contributed by atoms with van der Waals surface area (Å²) < 4.78 is 13.3. The summed E-state index contributed by atoms with van der Waals surface area (Å²) in [5, 5.41) is 6.50. The number of hydrogen-bond acceptors (Lipinski definition) is 3. The minimum Gasteiger partial charge on any atom is -0.352 e. The van der Waals surface area contributed by atoms with E-state index < -0.39 is 6.04 Å². The van der Waals surface area contributed by atoms with E-state index in [9.17, 15) is 14.0 Å². The Morgan fingerprint density at radius 3 is 2.44 bits per heavy atom. The van der Waals surface area contributed by atoms with Crippen LogP contribution in [-0.4, -0.2) is 41.9 Å². The summed E-state index contributed by atoms with van der Waals surface area (Å²) in [4.78, 5) is 26.1. The zero-order chi connectivity index (χ0) is 18.0. The number of amides is 2. The number of benzene rings is 1. The molecule has 136 valence electrons. The third-order valence-corrected chi connectivity index (χ3v) is 5.12. The van der Waals surface area contributed by atoms with Crippen molar-refractivity contribution in [2.45, 2.75) is 51.2 Å². The maximum atomic E-state index is 13.3. The summed E-state index contributed by atoms with van der Waals surface area (Å²) in [6.45, 7) is 5.06. The van der Waals surface area contributed by atoms with Crippen molar-refractivity contribution in [2.24, 2.45) is 5.92 Å². The smallest absolute Gasteiger partial charge is 0.241 e. The Labute approximate surface area is 148 Å². The SMILES string of the molecule is CC(=O)N1CC[C@H](N[C@@H](C(=O)NC2CC2)c2ccc(F)cc2)[C@H](C)C1. The zero-order valence-electron chi connectivity index (χ0n) is 14.8. The fraction of sp³-hybridized carbons (Fsp3) is 0.579. The molecular formula is C19H26FN3O2. The number of halogens is 1. The monoisotopic (exact) mass is 347 g/mol. The highest BCUT2D eigenvalue weighted by atomic mass is 19.1. The van der Waals surface area contributed by atoms with Crippen LogP contribution in [-0.2, 0) is 9.59 Å². The van der Waals surface area contributed by atoms with E-state index in [4.69, 9.17) is 0 Å². The predicted octanol–water partition coefficient (Wildman–Crippen LogP) is 1.99. The highest BCUT2D eigenvalue weighted by Gasteiger charge is 2.33. The summed E-state index contributed by atoms with van der Waals surface area (Å²) in [6.07, 6.45) is 2.85. The van der Waals surface area contributed by atoms with E-state index in [1.165, 1.54) is 12.1 Å². The second-order valence-electron chi connectivity index (χ2n) is 7.27. The van der Waals surface area contributed by atoms with E-state index in [2.05, 4.69) is 17.6 Å². The van der Waals surface area contributed by atoms with Gasteiger partial charge in [0.1, 0.15) is 11.9 Å². The standard InChI is InChI=1S/C19H26FN3O2/c1-12-11-23(13(2)24)10-9-17(12)22-18(19(25)21-16-7-8-16)14-3-5-15(20)6-4-14/h3-6,12,16-18,22H,7-11H2,1-2H3,(H,21,25)/t12-,17+,18-/m1/s1. The number of rotatable bonds is 5. The van der Waals surface area contributed by atoms with E-state index in [0.29, 0.717) is 13.1 Å². The molecule has 6 heteroatoms. The van der Waals surface area contributed by atoms with Gasteiger partial charge in [-0.3, -0.25) is 14.9 Å². The third kappa shape index (κ3) is 4.57. The van der Waals surface area contributed by atoms with Gasteiger partial charge < -0.3 is 10.2 Å². The first-order valence-electron chi connectivity index (χ1n) is 9.01. The highest BCUT2D eigenvalue weighted by Crippen LogP contribution is 2.24. The molecule has 0 unspecified atom stereocenters. The molecule has 2 fully saturated rings. The van der Waals surface area contributed by atoms with Crippen molar-refractivity contribution in [1.29, 1.82) is 0 Å². The Kier molecular flexibility index (Phi) is 5.37. The highest BCUT2D eigenvalue weighted by molar-refractivity contribution is 5.83. The Morgan fingerprint density at radius 1 is 1.20 bits per heavy atom. The van der Waals surface area contributed by atoms with E-state index in [-0.39, 0.29) is 35.6 Å². The second kappa shape index (κ2) is 7.52. The molecule has 0 aromatic heterocycles. The van der Waals surface area contributed by atoms with Crippen LogP contribution in [0.2, 0.25) is 0 Å². The first kappa shape index (κ1) is 17.9. The quantitative estimate of drug-likeness (QED) is 0.856. The molecule has 25 heavy (non-hydrogen) atoms. The van der Waals surface area contributed by atoms with Gasteiger partial charge in [0.2, 0.25) is 11.8 Å². The third-order valence-electron chi connectivity index (χ3n) is 5.12. The summed E-state index contributed by atoms with van der Waals surface area (Å²) in [6, 6.07) is 6.00. The number of hydrogen-bond donors (Lipinski definition) is 2. The van der Waals surface area contributed by atoms with Crippen LogP contribution < -0.4 is 10.6 Å². The molecule has 1 saturated heterocycles. The Hall–Kier alpha value is -1.95. The fourth-order valence-corrected chi connectivity index (χ4v) is 3.38. The summed E-state index contributed by atoms with van der Waals surface area (Å²) in [5.74, 6) is -0.0373. The molecule has 3 atom stereocenters. The minimum atomic E-state index is -0.502. The van der Waals surface area contributed by atoms with Crippen molar-refractivity contribution in [1.82, 2.24) is 15.5 Å². The van der Waals surface area contributed by atoms with Crippen LogP contribution in [0.1, 0.15) is 44.7 Å². The first-order valence-corrected chi connectivity index (χ1v) is 9.01. The van der Waals surface area contributed by atoms with Gasteiger partial charge in [-0.05, 0) is 42.9 Å². The second-order valence-corrected chi connectivity index (χ2v) is 7.27. The van der Waals surface area contributed by atoms with E-state index >= 15 is 0 Å². The van der Waals surface area contributed by atoms with Gasteiger partial charge >= 0.3 is 0 Å². The largest absolute Gasteiger partial charge is 0.352 e. The van der Waals surface area contributed by atoms with Crippen molar-refractivity contribution in [3.8, 4) is 0 Å². The molecule has 1 saturated carbocycles. The predicted molar refractivity (Wildman–Crippen MR) is 93.3 cm³/mol. The molecule has 1 heterocycles. The minimum absolute atomic E-state index is 0.0599. The Bertz CT molecular complexity index is 630. The van der Waals surface area contributed by atoms with E-state index in [1.54, 1.807) is 19.1 Å². The van der Waals surface area contributed by atoms with Gasteiger partial charge in [-0.2, -0.15) is 0 Å². The molecule has 5 nitrogen and oxygen atoms in total.